The second-order valence-corrected chi connectivity index (χ2v) is 9.14. The molecule has 136 valence electrons. The number of hydrogen-bond acceptors (Lipinski definition) is 4. The highest BCUT2D eigenvalue weighted by Crippen LogP contribution is 2.45. The third-order valence-corrected chi connectivity index (χ3v) is 7.10. The number of carboxylic acids is 1. The first-order chi connectivity index (χ1) is 11.7. The summed E-state index contributed by atoms with van der Waals surface area (Å²) in [5.41, 5.74) is 0.532. The van der Waals surface area contributed by atoms with E-state index in [4.69, 9.17) is 0 Å². The van der Waals surface area contributed by atoms with Crippen LogP contribution in [0.15, 0.2) is 23.1 Å². The number of anilines is 1. The molecule has 3 rings (SSSR count). The Hall–Kier alpha value is -1.93. The van der Waals surface area contributed by atoms with Gasteiger partial charge in [-0.05, 0) is 37.0 Å². The normalized spacial score (nSPS) is 18.8. The highest BCUT2D eigenvalue weighted by molar-refractivity contribution is 7.89. The number of nitrogens with zero attached hydrogens (tertiary/aromatic N) is 2. The number of fused-ring (bicyclic) bond motifs is 1. The van der Waals surface area contributed by atoms with Crippen molar-refractivity contribution in [1.29, 1.82) is 0 Å². The van der Waals surface area contributed by atoms with Gasteiger partial charge >= 0.3 is 5.97 Å². The average molecular weight is 366 g/mol. The van der Waals surface area contributed by atoms with Crippen LogP contribution in [0.2, 0.25) is 0 Å². The molecule has 1 aliphatic heterocycles. The fourth-order valence-electron chi connectivity index (χ4n) is 3.44. The first-order valence-corrected chi connectivity index (χ1v) is 9.71. The van der Waals surface area contributed by atoms with Crippen LogP contribution in [-0.4, -0.2) is 50.3 Å². The summed E-state index contributed by atoms with van der Waals surface area (Å²) in [6.07, 6.45) is 2.46. The Kier molecular flexibility index (Phi) is 4.36. The molecule has 1 N–H and O–H groups in total. The van der Waals surface area contributed by atoms with Gasteiger partial charge in [0.25, 0.3) is 0 Å². The van der Waals surface area contributed by atoms with Gasteiger partial charge in [-0.1, -0.05) is 12.5 Å². The van der Waals surface area contributed by atoms with E-state index in [9.17, 15) is 23.1 Å². The zero-order valence-corrected chi connectivity index (χ0v) is 15.2. The van der Waals surface area contributed by atoms with E-state index >= 15 is 0 Å². The molecule has 0 radical (unpaired) electrons. The number of amides is 1. The van der Waals surface area contributed by atoms with Gasteiger partial charge in [0.05, 0.1) is 10.3 Å². The summed E-state index contributed by atoms with van der Waals surface area (Å²) in [5.74, 6) is -1.17. The molecule has 1 amide bonds. The molecule has 0 saturated heterocycles. The Morgan fingerprint density at radius 3 is 2.48 bits per heavy atom. The van der Waals surface area contributed by atoms with E-state index < -0.39 is 21.4 Å². The Bertz CT molecular complexity index is 827. The Labute approximate surface area is 147 Å². The molecule has 1 aromatic rings. The summed E-state index contributed by atoms with van der Waals surface area (Å²) in [7, 11) is -0.674. The summed E-state index contributed by atoms with van der Waals surface area (Å²) in [5, 5.41) is 9.43. The minimum atomic E-state index is -3.59. The van der Waals surface area contributed by atoms with E-state index in [2.05, 4.69) is 0 Å². The van der Waals surface area contributed by atoms with Crippen molar-refractivity contribution in [3.63, 3.8) is 0 Å². The Morgan fingerprint density at radius 1 is 1.28 bits per heavy atom. The van der Waals surface area contributed by atoms with E-state index in [-0.39, 0.29) is 17.2 Å². The van der Waals surface area contributed by atoms with Crippen LogP contribution in [-0.2, 0) is 26.0 Å². The quantitative estimate of drug-likeness (QED) is 0.851. The largest absolute Gasteiger partial charge is 0.481 e. The first kappa shape index (κ1) is 17.9. The van der Waals surface area contributed by atoms with E-state index in [0.29, 0.717) is 31.5 Å². The molecule has 0 unspecified atom stereocenters. The van der Waals surface area contributed by atoms with Crippen molar-refractivity contribution >= 4 is 27.6 Å². The van der Waals surface area contributed by atoms with Crippen molar-refractivity contribution in [1.82, 2.24) is 4.31 Å². The van der Waals surface area contributed by atoms with Crippen LogP contribution < -0.4 is 4.90 Å². The second-order valence-electron chi connectivity index (χ2n) is 6.99. The number of benzene rings is 1. The number of hydrogen-bond donors (Lipinski definition) is 1. The van der Waals surface area contributed by atoms with Gasteiger partial charge in [0.2, 0.25) is 15.9 Å². The van der Waals surface area contributed by atoms with E-state index in [1.807, 2.05) is 0 Å². The standard InChI is InChI=1S/C17H22N2O5S/c1-18(2)25(23,24)13-5-4-12-6-9-19(14(12)10-13)15(20)11-17(16(21)22)7-3-8-17/h4-5,10H,3,6-9,11H2,1-2H3,(H,21,22). The molecule has 1 saturated carbocycles. The molecular weight excluding hydrogens is 344 g/mol. The lowest BCUT2D eigenvalue weighted by molar-refractivity contribution is -0.157. The van der Waals surface area contributed by atoms with Crippen LogP contribution in [0, 0.1) is 5.41 Å². The van der Waals surface area contributed by atoms with Gasteiger partial charge < -0.3 is 10.0 Å². The highest BCUT2D eigenvalue weighted by Gasteiger charge is 2.47. The van der Waals surface area contributed by atoms with Crippen LogP contribution >= 0.6 is 0 Å². The predicted molar refractivity (Wildman–Crippen MR) is 91.9 cm³/mol. The van der Waals surface area contributed by atoms with Gasteiger partial charge in [0, 0.05) is 32.7 Å². The lowest BCUT2D eigenvalue weighted by Crippen LogP contribution is -2.43. The van der Waals surface area contributed by atoms with Gasteiger partial charge in [-0.15, -0.1) is 0 Å². The van der Waals surface area contributed by atoms with Crippen LogP contribution in [0.25, 0.3) is 0 Å². The maximum atomic E-state index is 12.7. The van der Waals surface area contributed by atoms with E-state index in [0.717, 1.165) is 16.3 Å². The fourth-order valence-corrected chi connectivity index (χ4v) is 4.37. The van der Waals surface area contributed by atoms with Gasteiger partial charge in [-0.2, -0.15) is 0 Å². The Balaban J connectivity index is 1.88. The second kappa shape index (κ2) is 6.10. The van der Waals surface area contributed by atoms with Crippen molar-refractivity contribution in [2.24, 2.45) is 5.41 Å². The molecule has 0 spiro atoms. The molecular formula is C17H22N2O5S. The number of sulfonamides is 1. The minimum Gasteiger partial charge on any atom is -0.481 e. The van der Waals surface area contributed by atoms with Crippen molar-refractivity contribution in [2.75, 3.05) is 25.5 Å². The van der Waals surface area contributed by atoms with Crippen molar-refractivity contribution in [2.45, 2.75) is 37.0 Å². The fraction of sp³-hybridized carbons (Fsp3) is 0.529. The van der Waals surface area contributed by atoms with Gasteiger partial charge in [-0.3, -0.25) is 9.59 Å². The molecule has 2 aliphatic rings. The molecule has 1 heterocycles. The lowest BCUT2D eigenvalue weighted by atomic mass is 9.66. The van der Waals surface area contributed by atoms with E-state index in [1.54, 1.807) is 12.1 Å². The van der Waals surface area contributed by atoms with Crippen LogP contribution in [0.5, 0.6) is 0 Å². The first-order valence-electron chi connectivity index (χ1n) is 8.27. The zero-order chi connectivity index (χ0) is 18.4. The third-order valence-electron chi connectivity index (χ3n) is 5.29. The Morgan fingerprint density at radius 2 is 1.96 bits per heavy atom. The zero-order valence-electron chi connectivity index (χ0n) is 14.4. The summed E-state index contributed by atoms with van der Waals surface area (Å²) in [6.45, 7) is 0.454. The van der Waals surface area contributed by atoms with Crippen molar-refractivity contribution < 1.29 is 23.1 Å². The molecule has 7 nitrogen and oxygen atoms in total. The SMILES string of the molecule is CN(C)S(=O)(=O)c1ccc2c(c1)N(C(=O)CC1(C(=O)O)CCC1)CC2. The van der Waals surface area contributed by atoms with Gasteiger partial charge in [0.1, 0.15) is 0 Å². The number of carboxylic acid groups (broad SMARTS) is 1. The molecule has 1 aromatic carbocycles. The summed E-state index contributed by atoms with van der Waals surface area (Å²) >= 11 is 0. The third kappa shape index (κ3) is 2.93. The number of aliphatic carboxylic acids is 1. The summed E-state index contributed by atoms with van der Waals surface area (Å²) in [6, 6.07) is 4.80. The van der Waals surface area contributed by atoms with Crippen LogP contribution in [0.1, 0.15) is 31.2 Å². The molecule has 0 atom stereocenters. The average Bonchev–Trinajstić information content (AvgIpc) is 2.93. The van der Waals surface area contributed by atoms with Gasteiger partial charge in [0.15, 0.2) is 0 Å². The summed E-state index contributed by atoms with van der Waals surface area (Å²) < 4.78 is 25.8. The highest BCUT2D eigenvalue weighted by atomic mass is 32.2. The molecule has 1 fully saturated rings. The molecule has 25 heavy (non-hydrogen) atoms. The number of carbonyl (C=O) groups is 2. The van der Waals surface area contributed by atoms with Crippen molar-refractivity contribution in [3.8, 4) is 0 Å². The maximum absolute atomic E-state index is 12.7. The maximum Gasteiger partial charge on any atom is 0.310 e. The molecule has 1 aliphatic carbocycles. The number of carbonyl (C=O) groups excluding carboxylic acids is 1. The van der Waals surface area contributed by atoms with Crippen LogP contribution in [0.3, 0.4) is 0 Å². The van der Waals surface area contributed by atoms with E-state index in [1.165, 1.54) is 25.1 Å². The lowest BCUT2D eigenvalue weighted by Gasteiger charge is -2.38. The molecule has 8 heteroatoms. The monoisotopic (exact) mass is 366 g/mol. The van der Waals surface area contributed by atoms with Crippen LogP contribution in [0.4, 0.5) is 5.69 Å². The minimum absolute atomic E-state index is 0.0353. The smallest absolute Gasteiger partial charge is 0.310 e. The van der Waals surface area contributed by atoms with Crippen molar-refractivity contribution in [3.05, 3.63) is 23.8 Å². The topological polar surface area (TPSA) is 95.0 Å². The van der Waals surface area contributed by atoms with Gasteiger partial charge in [-0.25, -0.2) is 12.7 Å². The molecule has 0 bridgehead atoms. The predicted octanol–water partition coefficient (Wildman–Crippen LogP) is 1.47. The molecule has 0 aromatic heterocycles. The summed E-state index contributed by atoms with van der Waals surface area (Å²) in [4.78, 5) is 25.9. The number of rotatable bonds is 5.